The molecule has 1 N–H and O–H groups in total. The fourth-order valence-corrected chi connectivity index (χ4v) is 4.67. The topological polar surface area (TPSA) is 45.2 Å². The van der Waals surface area contributed by atoms with E-state index in [0.29, 0.717) is 12.1 Å². The standard InChI is InChI=1S/C21H21F2N3OS/c1-13-7-18-19(28-13)4-5-24-20(18)26-6-2-3-15(12-26)21(27)25-11-14-8-16(22)10-17(23)9-14/h4-5,7-10,15H,2-3,6,11-12H2,1H3,(H,25,27)/t15-/m1/s1. The monoisotopic (exact) mass is 401 g/mol. The summed E-state index contributed by atoms with van der Waals surface area (Å²) in [5.41, 5.74) is 0.415. The van der Waals surface area contributed by atoms with Gasteiger partial charge in [-0.25, -0.2) is 13.8 Å². The Hall–Kier alpha value is -2.54. The van der Waals surface area contributed by atoms with E-state index in [1.54, 1.807) is 11.3 Å². The van der Waals surface area contributed by atoms with E-state index in [2.05, 4.69) is 28.2 Å². The van der Waals surface area contributed by atoms with Crippen molar-refractivity contribution >= 4 is 33.1 Å². The van der Waals surface area contributed by atoms with E-state index in [-0.39, 0.29) is 18.4 Å². The molecule has 1 atom stereocenters. The smallest absolute Gasteiger partial charge is 0.225 e. The number of thiophene rings is 1. The third kappa shape index (κ3) is 3.99. The molecule has 7 heteroatoms. The first-order valence-electron chi connectivity index (χ1n) is 9.32. The summed E-state index contributed by atoms with van der Waals surface area (Å²) in [5.74, 6) is -0.629. The number of aryl methyl sites for hydroxylation is 1. The number of hydrogen-bond donors (Lipinski definition) is 1. The maximum absolute atomic E-state index is 13.3. The molecular weight excluding hydrogens is 380 g/mol. The molecule has 0 radical (unpaired) electrons. The van der Waals surface area contributed by atoms with Crippen LogP contribution in [0.1, 0.15) is 23.3 Å². The van der Waals surface area contributed by atoms with Crippen molar-refractivity contribution in [3.8, 4) is 0 Å². The average molecular weight is 401 g/mol. The highest BCUT2D eigenvalue weighted by Gasteiger charge is 2.27. The fourth-order valence-electron chi connectivity index (χ4n) is 3.76. The van der Waals surface area contributed by atoms with Crippen molar-refractivity contribution in [2.24, 2.45) is 5.92 Å². The number of pyridine rings is 1. The molecule has 2 aromatic heterocycles. The van der Waals surface area contributed by atoms with Gasteiger partial charge in [0.1, 0.15) is 17.5 Å². The normalized spacial score (nSPS) is 17.1. The van der Waals surface area contributed by atoms with Crippen LogP contribution in [0.3, 0.4) is 0 Å². The Morgan fingerprint density at radius 2 is 2.07 bits per heavy atom. The maximum Gasteiger partial charge on any atom is 0.225 e. The number of nitrogens with one attached hydrogen (secondary N) is 1. The third-order valence-corrected chi connectivity index (χ3v) is 6.04. The number of benzene rings is 1. The molecule has 1 aliphatic heterocycles. The third-order valence-electron chi connectivity index (χ3n) is 5.03. The Bertz CT molecular complexity index is 1000. The Balaban J connectivity index is 1.45. The Kier molecular flexibility index (Phi) is 5.26. The van der Waals surface area contributed by atoms with Gasteiger partial charge in [-0.1, -0.05) is 0 Å². The van der Waals surface area contributed by atoms with Gasteiger partial charge in [0.2, 0.25) is 5.91 Å². The highest BCUT2D eigenvalue weighted by atomic mass is 32.1. The number of amides is 1. The Labute approximate surface area is 166 Å². The molecule has 146 valence electrons. The minimum Gasteiger partial charge on any atom is -0.355 e. The first-order valence-corrected chi connectivity index (χ1v) is 10.1. The van der Waals surface area contributed by atoms with Crippen LogP contribution in [0, 0.1) is 24.5 Å². The predicted molar refractivity (Wildman–Crippen MR) is 107 cm³/mol. The van der Waals surface area contributed by atoms with Crippen molar-refractivity contribution in [1.29, 1.82) is 0 Å². The van der Waals surface area contributed by atoms with Crippen LogP contribution in [0.5, 0.6) is 0 Å². The van der Waals surface area contributed by atoms with Gasteiger partial charge in [-0.15, -0.1) is 11.3 Å². The number of hydrogen-bond acceptors (Lipinski definition) is 4. The first kappa shape index (κ1) is 18.8. The van der Waals surface area contributed by atoms with E-state index in [4.69, 9.17) is 0 Å². The molecule has 1 amide bonds. The van der Waals surface area contributed by atoms with Gasteiger partial charge in [0, 0.05) is 46.9 Å². The van der Waals surface area contributed by atoms with Crippen molar-refractivity contribution in [1.82, 2.24) is 10.3 Å². The molecule has 4 rings (SSSR count). The molecule has 3 heterocycles. The minimum atomic E-state index is -0.640. The van der Waals surface area contributed by atoms with Gasteiger partial charge in [0.25, 0.3) is 0 Å². The summed E-state index contributed by atoms with van der Waals surface area (Å²) in [4.78, 5) is 20.6. The number of anilines is 1. The molecule has 1 saturated heterocycles. The summed E-state index contributed by atoms with van der Waals surface area (Å²) in [5, 5.41) is 3.95. The van der Waals surface area contributed by atoms with Gasteiger partial charge < -0.3 is 10.2 Å². The van der Waals surface area contributed by atoms with Crippen LogP contribution in [-0.2, 0) is 11.3 Å². The molecule has 1 aliphatic rings. The predicted octanol–water partition coefficient (Wildman–Crippen LogP) is 4.42. The summed E-state index contributed by atoms with van der Waals surface area (Å²) in [7, 11) is 0. The molecule has 1 fully saturated rings. The molecule has 1 aromatic carbocycles. The van der Waals surface area contributed by atoms with E-state index < -0.39 is 11.6 Å². The van der Waals surface area contributed by atoms with Gasteiger partial charge in [0.15, 0.2) is 0 Å². The number of halogens is 2. The van der Waals surface area contributed by atoms with E-state index in [0.717, 1.165) is 36.7 Å². The number of carbonyl (C=O) groups is 1. The van der Waals surface area contributed by atoms with Gasteiger partial charge in [-0.2, -0.15) is 0 Å². The summed E-state index contributed by atoms with van der Waals surface area (Å²) in [6, 6.07) is 7.46. The zero-order valence-corrected chi connectivity index (χ0v) is 16.4. The number of nitrogens with zero attached hydrogens (tertiary/aromatic N) is 2. The molecule has 3 aromatic rings. The lowest BCUT2D eigenvalue weighted by Crippen LogP contribution is -2.43. The second-order valence-corrected chi connectivity index (χ2v) is 8.47. The lowest BCUT2D eigenvalue weighted by atomic mass is 9.96. The molecule has 0 spiro atoms. The van der Waals surface area contributed by atoms with Crippen LogP contribution in [0.4, 0.5) is 14.6 Å². The van der Waals surface area contributed by atoms with Crippen molar-refractivity contribution in [2.75, 3.05) is 18.0 Å². The Morgan fingerprint density at radius 1 is 1.29 bits per heavy atom. The molecule has 0 aliphatic carbocycles. The molecule has 0 saturated carbocycles. The van der Waals surface area contributed by atoms with Crippen molar-refractivity contribution in [3.63, 3.8) is 0 Å². The van der Waals surface area contributed by atoms with Crippen molar-refractivity contribution < 1.29 is 13.6 Å². The number of piperidine rings is 1. The van der Waals surface area contributed by atoms with E-state index in [9.17, 15) is 13.6 Å². The molecule has 4 nitrogen and oxygen atoms in total. The van der Waals surface area contributed by atoms with Crippen LogP contribution in [0.2, 0.25) is 0 Å². The van der Waals surface area contributed by atoms with Gasteiger partial charge >= 0.3 is 0 Å². The lowest BCUT2D eigenvalue weighted by Gasteiger charge is -2.33. The first-order chi connectivity index (χ1) is 13.5. The second kappa shape index (κ2) is 7.83. The molecular formula is C21H21F2N3OS. The molecule has 0 bridgehead atoms. The highest BCUT2D eigenvalue weighted by Crippen LogP contribution is 2.33. The quantitative estimate of drug-likeness (QED) is 0.704. The summed E-state index contributed by atoms with van der Waals surface area (Å²) in [6.07, 6.45) is 3.50. The Morgan fingerprint density at radius 3 is 2.86 bits per heavy atom. The number of fused-ring (bicyclic) bond motifs is 1. The fraction of sp³-hybridized carbons (Fsp3) is 0.333. The number of carbonyl (C=O) groups excluding carboxylic acids is 1. The van der Waals surface area contributed by atoms with Crippen LogP contribution in [-0.4, -0.2) is 24.0 Å². The average Bonchev–Trinajstić information content (AvgIpc) is 3.05. The summed E-state index contributed by atoms with van der Waals surface area (Å²) >= 11 is 1.74. The minimum absolute atomic E-state index is 0.0944. The zero-order valence-electron chi connectivity index (χ0n) is 15.5. The van der Waals surface area contributed by atoms with Gasteiger partial charge in [0.05, 0.1) is 5.92 Å². The second-order valence-electron chi connectivity index (χ2n) is 7.18. The van der Waals surface area contributed by atoms with Gasteiger partial charge in [-0.3, -0.25) is 4.79 Å². The van der Waals surface area contributed by atoms with Crippen LogP contribution < -0.4 is 10.2 Å². The van der Waals surface area contributed by atoms with Gasteiger partial charge in [-0.05, 0) is 49.6 Å². The van der Waals surface area contributed by atoms with Crippen LogP contribution in [0.15, 0.2) is 36.5 Å². The van der Waals surface area contributed by atoms with Crippen LogP contribution in [0.25, 0.3) is 10.1 Å². The maximum atomic E-state index is 13.3. The van der Waals surface area contributed by atoms with Crippen molar-refractivity contribution in [3.05, 3.63) is 58.6 Å². The SMILES string of the molecule is Cc1cc2c(N3CCC[C@@H](C(=O)NCc4cc(F)cc(F)c4)C3)nccc2s1. The zero-order chi connectivity index (χ0) is 19.7. The van der Waals surface area contributed by atoms with Crippen LogP contribution >= 0.6 is 11.3 Å². The van der Waals surface area contributed by atoms with E-state index >= 15 is 0 Å². The van der Waals surface area contributed by atoms with Crippen molar-refractivity contribution in [2.45, 2.75) is 26.3 Å². The summed E-state index contributed by atoms with van der Waals surface area (Å²) < 4.78 is 27.8. The summed E-state index contributed by atoms with van der Waals surface area (Å²) in [6.45, 7) is 3.64. The molecule has 28 heavy (non-hydrogen) atoms. The molecule has 0 unspecified atom stereocenters. The lowest BCUT2D eigenvalue weighted by molar-refractivity contribution is -0.125. The number of rotatable bonds is 4. The van der Waals surface area contributed by atoms with E-state index in [1.165, 1.54) is 21.7 Å². The largest absolute Gasteiger partial charge is 0.355 e. The highest BCUT2D eigenvalue weighted by molar-refractivity contribution is 7.19. The number of aromatic nitrogens is 1. The van der Waals surface area contributed by atoms with E-state index in [1.807, 2.05) is 12.3 Å².